The van der Waals surface area contributed by atoms with Crippen LogP contribution in [0.3, 0.4) is 0 Å². The zero-order valence-corrected chi connectivity index (χ0v) is 12.5. The van der Waals surface area contributed by atoms with Crippen molar-refractivity contribution in [3.05, 3.63) is 58.8 Å². The predicted octanol–water partition coefficient (Wildman–Crippen LogP) is 3.23. The van der Waals surface area contributed by atoms with Gasteiger partial charge in [-0.1, -0.05) is 18.2 Å². The topological polar surface area (TPSA) is 80.9 Å². The van der Waals surface area contributed by atoms with Gasteiger partial charge in [0.15, 0.2) is 0 Å². The molecule has 1 aromatic carbocycles. The Balaban J connectivity index is 1.97. The van der Waals surface area contributed by atoms with Crippen LogP contribution in [0.5, 0.6) is 0 Å². The summed E-state index contributed by atoms with van der Waals surface area (Å²) in [4.78, 5) is 20.8. The van der Waals surface area contributed by atoms with Crippen LogP contribution in [0.25, 0.3) is 10.9 Å². The minimum absolute atomic E-state index is 0.244. The zero-order valence-electron chi connectivity index (χ0n) is 10.9. The lowest BCUT2D eigenvalue weighted by Gasteiger charge is -2.08. The summed E-state index contributed by atoms with van der Waals surface area (Å²) in [5, 5.41) is 3.56. The van der Waals surface area contributed by atoms with E-state index in [-0.39, 0.29) is 5.91 Å². The van der Waals surface area contributed by atoms with Crippen molar-refractivity contribution in [1.82, 2.24) is 9.97 Å². The number of carbonyl (C=O) groups is 1. The first kappa shape index (κ1) is 13.5. The number of amides is 1. The molecule has 3 N–H and O–H groups in total. The molecule has 2 aromatic heterocycles. The van der Waals surface area contributed by atoms with E-state index >= 15 is 0 Å². The van der Waals surface area contributed by atoms with E-state index in [1.807, 2.05) is 24.3 Å². The van der Waals surface area contributed by atoms with Crippen molar-refractivity contribution in [2.45, 2.75) is 0 Å². The Bertz CT molecular complexity index is 830. The number of nitrogens with zero attached hydrogens (tertiary/aromatic N) is 2. The molecule has 0 unspecified atom stereocenters. The lowest BCUT2D eigenvalue weighted by molar-refractivity contribution is 0.102. The normalized spacial score (nSPS) is 10.5. The van der Waals surface area contributed by atoms with Crippen LogP contribution in [0.15, 0.2) is 53.3 Å². The van der Waals surface area contributed by atoms with Gasteiger partial charge in [0.2, 0.25) is 0 Å². The van der Waals surface area contributed by atoms with E-state index in [2.05, 4.69) is 31.2 Å². The molecule has 0 spiro atoms. The van der Waals surface area contributed by atoms with Gasteiger partial charge < -0.3 is 11.1 Å². The summed E-state index contributed by atoms with van der Waals surface area (Å²) in [5.41, 5.74) is 7.47. The van der Waals surface area contributed by atoms with E-state index < -0.39 is 0 Å². The number of pyridine rings is 2. The van der Waals surface area contributed by atoms with Gasteiger partial charge >= 0.3 is 0 Å². The highest BCUT2D eigenvalue weighted by Crippen LogP contribution is 2.23. The second-order valence-electron chi connectivity index (χ2n) is 4.43. The van der Waals surface area contributed by atoms with Crippen LogP contribution in [0.4, 0.5) is 11.5 Å². The van der Waals surface area contributed by atoms with E-state index in [4.69, 9.17) is 5.73 Å². The summed E-state index contributed by atoms with van der Waals surface area (Å²) < 4.78 is 0.634. The number of hydrogen-bond donors (Lipinski definition) is 2. The number of nitrogens with one attached hydrogen (secondary N) is 1. The maximum absolute atomic E-state index is 12.4. The summed E-state index contributed by atoms with van der Waals surface area (Å²) in [7, 11) is 0. The van der Waals surface area contributed by atoms with Crippen molar-refractivity contribution >= 4 is 44.2 Å². The third-order valence-electron chi connectivity index (χ3n) is 2.99. The third-order valence-corrected chi connectivity index (χ3v) is 3.59. The molecule has 5 nitrogen and oxygen atoms in total. The molecule has 1 amide bonds. The van der Waals surface area contributed by atoms with Crippen molar-refractivity contribution in [2.24, 2.45) is 0 Å². The first-order valence-electron chi connectivity index (χ1n) is 6.21. The molecule has 2 heterocycles. The monoisotopic (exact) mass is 342 g/mol. The maximum atomic E-state index is 12.4. The number of nitrogens with two attached hydrogens (primary N) is 1. The minimum Gasteiger partial charge on any atom is -0.397 e. The Morgan fingerprint density at radius 3 is 2.81 bits per heavy atom. The number of carbonyl (C=O) groups excluding carboxylic acids is 1. The van der Waals surface area contributed by atoms with Gasteiger partial charge in [-0.3, -0.25) is 9.78 Å². The van der Waals surface area contributed by atoms with Crippen LogP contribution in [0.1, 0.15) is 10.4 Å². The van der Waals surface area contributed by atoms with Crippen LogP contribution >= 0.6 is 15.9 Å². The number of nitrogen functional groups attached to an aromatic ring is 1. The van der Waals surface area contributed by atoms with Gasteiger partial charge in [-0.05, 0) is 34.1 Å². The number of anilines is 2. The lowest BCUT2D eigenvalue weighted by Crippen LogP contribution is -2.14. The highest BCUT2D eigenvalue weighted by Gasteiger charge is 2.12. The third kappa shape index (κ3) is 2.71. The first-order valence-corrected chi connectivity index (χ1v) is 7.00. The molecule has 0 saturated carbocycles. The van der Waals surface area contributed by atoms with Crippen LogP contribution in [-0.2, 0) is 0 Å². The summed E-state index contributed by atoms with van der Waals surface area (Å²) in [5.74, 6) is 0.182. The van der Waals surface area contributed by atoms with Gasteiger partial charge in [0.05, 0.1) is 27.4 Å². The highest BCUT2D eigenvalue weighted by molar-refractivity contribution is 9.10. The average Bonchev–Trinajstić information content (AvgIpc) is 2.49. The molecular weight excluding hydrogens is 332 g/mol. The van der Waals surface area contributed by atoms with Crippen molar-refractivity contribution in [3.63, 3.8) is 0 Å². The van der Waals surface area contributed by atoms with E-state index in [9.17, 15) is 4.79 Å². The predicted molar refractivity (Wildman–Crippen MR) is 86.0 cm³/mol. The molecule has 0 aliphatic rings. The molecule has 3 aromatic rings. The quantitative estimate of drug-likeness (QED) is 0.749. The van der Waals surface area contributed by atoms with Gasteiger partial charge in [-0.15, -0.1) is 0 Å². The molecule has 0 fully saturated rings. The van der Waals surface area contributed by atoms with Gasteiger partial charge in [-0.2, -0.15) is 0 Å². The smallest absolute Gasteiger partial charge is 0.257 e. The Morgan fingerprint density at radius 1 is 1.19 bits per heavy atom. The standard InChI is InChI=1S/C15H11BrN4O/c16-12-7-9(17)8-19-14(12)20-15(21)11-5-6-18-13-4-2-1-3-10(11)13/h1-8H,17H2,(H,19,20,21). The van der Waals surface area contributed by atoms with Crippen LogP contribution in [0.2, 0.25) is 0 Å². The number of fused-ring (bicyclic) bond motifs is 1. The van der Waals surface area contributed by atoms with Crippen LogP contribution in [-0.4, -0.2) is 15.9 Å². The minimum atomic E-state index is -0.244. The number of rotatable bonds is 2. The Morgan fingerprint density at radius 2 is 2.00 bits per heavy atom. The fourth-order valence-corrected chi connectivity index (χ4v) is 2.48. The molecule has 0 aliphatic heterocycles. The number of aromatic nitrogens is 2. The summed E-state index contributed by atoms with van der Waals surface area (Å²) in [6.07, 6.45) is 3.10. The average molecular weight is 343 g/mol. The van der Waals surface area contributed by atoms with E-state index in [1.54, 1.807) is 18.3 Å². The summed E-state index contributed by atoms with van der Waals surface area (Å²) in [6, 6.07) is 10.9. The zero-order chi connectivity index (χ0) is 14.8. The lowest BCUT2D eigenvalue weighted by atomic mass is 10.1. The Labute approximate surface area is 129 Å². The second kappa shape index (κ2) is 5.49. The van der Waals surface area contributed by atoms with Crippen molar-refractivity contribution in [1.29, 1.82) is 0 Å². The van der Waals surface area contributed by atoms with E-state index in [1.165, 1.54) is 6.20 Å². The fraction of sp³-hybridized carbons (Fsp3) is 0. The Hall–Kier alpha value is -2.47. The molecule has 6 heteroatoms. The number of para-hydroxylation sites is 1. The summed E-state index contributed by atoms with van der Waals surface area (Å²) in [6.45, 7) is 0. The van der Waals surface area contributed by atoms with Gasteiger partial charge in [-0.25, -0.2) is 4.98 Å². The van der Waals surface area contributed by atoms with Crippen LogP contribution < -0.4 is 11.1 Å². The molecule has 21 heavy (non-hydrogen) atoms. The molecule has 104 valence electrons. The Kier molecular flexibility index (Phi) is 3.53. The van der Waals surface area contributed by atoms with Crippen LogP contribution in [0, 0.1) is 0 Å². The van der Waals surface area contributed by atoms with Crippen molar-refractivity contribution in [2.75, 3.05) is 11.1 Å². The van der Waals surface area contributed by atoms with E-state index in [0.717, 1.165) is 10.9 Å². The fourth-order valence-electron chi connectivity index (χ4n) is 2.01. The molecule has 3 rings (SSSR count). The highest BCUT2D eigenvalue weighted by atomic mass is 79.9. The number of benzene rings is 1. The molecule has 0 radical (unpaired) electrons. The largest absolute Gasteiger partial charge is 0.397 e. The van der Waals surface area contributed by atoms with E-state index in [0.29, 0.717) is 21.5 Å². The van der Waals surface area contributed by atoms with Gasteiger partial charge in [0.1, 0.15) is 5.82 Å². The molecule has 0 atom stereocenters. The van der Waals surface area contributed by atoms with Crippen molar-refractivity contribution < 1.29 is 4.79 Å². The number of halogens is 1. The molecule has 0 aliphatic carbocycles. The number of hydrogen-bond acceptors (Lipinski definition) is 4. The second-order valence-corrected chi connectivity index (χ2v) is 5.28. The SMILES string of the molecule is Nc1cnc(NC(=O)c2ccnc3ccccc23)c(Br)c1. The summed E-state index contributed by atoms with van der Waals surface area (Å²) >= 11 is 3.33. The maximum Gasteiger partial charge on any atom is 0.257 e. The van der Waals surface area contributed by atoms with Crippen molar-refractivity contribution in [3.8, 4) is 0 Å². The first-order chi connectivity index (χ1) is 10.1. The van der Waals surface area contributed by atoms with Gasteiger partial charge in [0.25, 0.3) is 5.91 Å². The molecule has 0 bridgehead atoms. The molecule has 0 saturated heterocycles. The van der Waals surface area contributed by atoms with Gasteiger partial charge in [0, 0.05) is 11.6 Å². The molecular formula is C15H11BrN4O.